The van der Waals surface area contributed by atoms with E-state index in [0.717, 1.165) is 17.1 Å². The fourth-order valence-electron chi connectivity index (χ4n) is 6.06. The first-order valence-corrected chi connectivity index (χ1v) is 14.8. The minimum Gasteiger partial charge on any atom is -0.282 e. The summed E-state index contributed by atoms with van der Waals surface area (Å²) in [6.45, 7) is 4.87. The Labute approximate surface area is 247 Å². The van der Waals surface area contributed by atoms with Crippen LogP contribution in [0.15, 0.2) is 105 Å². The summed E-state index contributed by atoms with van der Waals surface area (Å²) < 4.78 is 32.5. The van der Waals surface area contributed by atoms with Crippen LogP contribution in [0.2, 0.25) is 0 Å². The average Bonchev–Trinajstić information content (AvgIpc) is 3.56. The smallest absolute Gasteiger partial charge is 0.282 e. The average molecular weight is 599 g/mol. The van der Waals surface area contributed by atoms with E-state index in [-0.39, 0.29) is 22.0 Å². The summed E-state index contributed by atoms with van der Waals surface area (Å²) in [5, 5.41) is 17.1. The van der Waals surface area contributed by atoms with Crippen LogP contribution in [0.1, 0.15) is 20.8 Å². The summed E-state index contributed by atoms with van der Waals surface area (Å²) >= 11 is 0. The molecular formula is C30H26N6O6S. The highest BCUT2D eigenvalue weighted by atomic mass is 32.2. The zero-order valence-electron chi connectivity index (χ0n) is 23.3. The Morgan fingerprint density at radius 2 is 1.05 bits per heavy atom. The van der Waals surface area contributed by atoms with Gasteiger partial charge in [-0.3, -0.25) is 18.9 Å². The topological polar surface area (TPSA) is 152 Å². The van der Waals surface area contributed by atoms with Gasteiger partial charge in [0.25, 0.3) is 27.8 Å². The molecule has 12 nitrogen and oxygen atoms in total. The Kier molecular flexibility index (Phi) is 6.58. The van der Waals surface area contributed by atoms with Gasteiger partial charge < -0.3 is 0 Å². The van der Waals surface area contributed by atoms with Crippen LogP contribution in [0.5, 0.6) is 0 Å². The maximum atomic E-state index is 14.7. The van der Waals surface area contributed by atoms with E-state index in [1.807, 2.05) is 6.07 Å². The zero-order chi connectivity index (χ0) is 30.7. The van der Waals surface area contributed by atoms with E-state index in [9.17, 15) is 27.4 Å². The van der Waals surface area contributed by atoms with Gasteiger partial charge in [-0.1, -0.05) is 36.4 Å². The molecule has 0 aromatic heterocycles. The second-order valence-electron chi connectivity index (χ2n) is 10.5. The molecule has 0 saturated heterocycles. The van der Waals surface area contributed by atoms with Gasteiger partial charge in [-0.15, -0.1) is 0 Å². The van der Waals surface area contributed by atoms with Crippen molar-refractivity contribution in [3.8, 4) is 0 Å². The third-order valence-electron chi connectivity index (χ3n) is 7.95. The number of rotatable bonds is 6. The highest BCUT2D eigenvalue weighted by Crippen LogP contribution is 2.51. The lowest BCUT2D eigenvalue weighted by Gasteiger charge is -2.37. The standard InChI is InChI=1S/C30H26N6O6S/c1-18-25(27(37)34(31-18)21-10-6-4-7-11-21)30(20(3)33-36(29(30)39)22-12-8-5-9-13-22)26-19(2)32-35(28(26)38)23-14-16-24(17-15-23)43(40,41)42/h4-17,25-26H,1-3H3,(H,40,41,42)/t25-,26+,30+/m0/s1. The van der Waals surface area contributed by atoms with E-state index in [1.165, 1.54) is 22.2 Å². The van der Waals surface area contributed by atoms with Crippen LogP contribution >= 0.6 is 0 Å². The molecule has 0 fully saturated rings. The Morgan fingerprint density at radius 3 is 1.49 bits per heavy atom. The lowest BCUT2D eigenvalue weighted by atomic mass is 9.60. The molecule has 0 saturated carbocycles. The van der Waals surface area contributed by atoms with Crippen molar-refractivity contribution in [2.45, 2.75) is 25.7 Å². The van der Waals surface area contributed by atoms with Crippen LogP contribution < -0.4 is 15.0 Å². The summed E-state index contributed by atoms with van der Waals surface area (Å²) in [5.74, 6) is -4.09. The number of anilines is 3. The fourth-order valence-corrected chi connectivity index (χ4v) is 6.54. The summed E-state index contributed by atoms with van der Waals surface area (Å²) in [6.07, 6.45) is 0. The summed E-state index contributed by atoms with van der Waals surface area (Å²) in [6, 6.07) is 22.4. The van der Waals surface area contributed by atoms with Gasteiger partial charge in [0.15, 0.2) is 0 Å². The van der Waals surface area contributed by atoms with Gasteiger partial charge in [0, 0.05) is 11.4 Å². The maximum absolute atomic E-state index is 14.7. The number of hydrogen-bond acceptors (Lipinski definition) is 8. The lowest BCUT2D eigenvalue weighted by molar-refractivity contribution is -0.136. The first-order chi connectivity index (χ1) is 20.5. The predicted molar refractivity (Wildman–Crippen MR) is 160 cm³/mol. The van der Waals surface area contributed by atoms with Crippen molar-refractivity contribution in [3.63, 3.8) is 0 Å². The van der Waals surface area contributed by atoms with E-state index in [4.69, 9.17) is 0 Å². The molecule has 3 atom stereocenters. The number of amides is 3. The molecule has 1 N–H and O–H groups in total. The molecule has 13 heteroatoms. The second kappa shape index (κ2) is 10.1. The molecule has 3 aliphatic rings. The summed E-state index contributed by atoms with van der Waals surface area (Å²) in [5.41, 5.74) is 0.227. The molecule has 43 heavy (non-hydrogen) atoms. The Hall–Kier alpha value is -5.01. The van der Waals surface area contributed by atoms with E-state index in [1.54, 1.807) is 75.4 Å². The van der Waals surface area contributed by atoms with E-state index in [0.29, 0.717) is 17.1 Å². The third-order valence-corrected chi connectivity index (χ3v) is 8.82. The summed E-state index contributed by atoms with van der Waals surface area (Å²) in [7, 11) is -4.46. The van der Waals surface area contributed by atoms with E-state index in [2.05, 4.69) is 15.3 Å². The van der Waals surface area contributed by atoms with Crippen LogP contribution in [-0.4, -0.2) is 47.8 Å². The van der Waals surface area contributed by atoms with Gasteiger partial charge in [-0.05, 0) is 69.3 Å². The van der Waals surface area contributed by atoms with Crippen molar-refractivity contribution in [3.05, 3.63) is 84.9 Å². The summed E-state index contributed by atoms with van der Waals surface area (Å²) in [4.78, 5) is 42.9. The van der Waals surface area contributed by atoms with Gasteiger partial charge in [-0.25, -0.2) is 10.0 Å². The molecule has 0 aliphatic carbocycles. The molecule has 218 valence electrons. The molecular weight excluding hydrogens is 572 g/mol. The van der Waals surface area contributed by atoms with E-state index < -0.39 is 45.1 Å². The number of para-hydroxylation sites is 2. The van der Waals surface area contributed by atoms with Crippen LogP contribution in [-0.2, 0) is 24.5 Å². The van der Waals surface area contributed by atoms with Crippen LogP contribution in [0.4, 0.5) is 17.1 Å². The van der Waals surface area contributed by atoms with Gasteiger partial charge in [-0.2, -0.15) is 28.7 Å². The predicted octanol–water partition coefficient (Wildman–Crippen LogP) is 3.72. The Bertz CT molecular complexity index is 1860. The molecule has 3 aliphatic heterocycles. The minimum atomic E-state index is -4.46. The Balaban J connectivity index is 1.48. The zero-order valence-corrected chi connectivity index (χ0v) is 24.1. The van der Waals surface area contributed by atoms with Gasteiger partial charge in [0.05, 0.1) is 27.7 Å². The van der Waals surface area contributed by atoms with Gasteiger partial charge in [0.2, 0.25) is 0 Å². The van der Waals surface area contributed by atoms with Gasteiger partial charge >= 0.3 is 0 Å². The van der Waals surface area contributed by atoms with Crippen molar-refractivity contribution >= 4 is 62.0 Å². The first kappa shape index (κ1) is 28.1. The molecule has 3 aromatic rings. The molecule has 6 rings (SSSR count). The molecule has 0 bridgehead atoms. The highest BCUT2D eigenvalue weighted by molar-refractivity contribution is 7.85. The van der Waals surface area contributed by atoms with E-state index >= 15 is 0 Å². The van der Waals surface area contributed by atoms with Crippen LogP contribution in [0.3, 0.4) is 0 Å². The van der Waals surface area contributed by atoms with Crippen molar-refractivity contribution in [1.82, 2.24) is 0 Å². The van der Waals surface area contributed by atoms with Gasteiger partial charge in [0.1, 0.15) is 17.3 Å². The number of nitrogens with zero attached hydrogens (tertiary/aromatic N) is 6. The number of hydrazone groups is 3. The van der Waals surface area contributed by atoms with Crippen LogP contribution in [0, 0.1) is 17.3 Å². The molecule has 3 aromatic carbocycles. The van der Waals surface area contributed by atoms with Crippen LogP contribution in [0.25, 0.3) is 0 Å². The third kappa shape index (κ3) is 4.27. The largest absolute Gasteiger partial charge is 0.294 e. The number of hydrogen-bond donors (Lipinski definition) is 1. The fraction of sp³-hybridized carbons (Fsp3) is 0.200. The van der Waals surface area contributed by atoms with Crippen molar-refractivity contribution in [2.24, 2.45) is 32.6 Å². The molecule has 3 heterocycles. The van der Waals surface area contributed by atoms with Crippen molar-refractivity contribution in [2.75, 3.05) is 15.0 Å². The van der Waals surface area contributed by atoms with Crippen molar-refractivity contribution in [1.29, 1.82) is 0 Å². The second-order valence-corrected chi connectivity index (χ2v) is 11.9. The normalized spacial score (nSPS) is 24.0. The molecule has 0 spiro atoms. The van der Waals surface area contributed by atoms with Crippen molar-refractivity contribution < 1.29 is 27.4 Å². The first-order valence-electron chi connectivity index (χ1n) is 13.3. The number of benzene rings is 3. The monoisotopic (exact) mass is 598 g/mol. The molecule has 3 amide bonds. The maximum Gasteiger partial charge on any atom is 0.294 e. The quantitative estimate of drug-likeness (QED) is 0.427. The SMILES string of the molecule is CC1=NN(c2ccccc2)C(=O)[C@H]1[C@]1([C@H]2C(=O)N(c3ccc(S(=O)(=O)O)cc3)N=C2C)C(=O)N(c2ccccc2)N=C1C. The lowest BCUT2D eigenvalue weighted by Crippen LogP contribution is -2.58. The number of carbonyl (C=O) groups is 3. The highest BCUT2D eigenvalue weighted by Gasteiger charge is 2.68. The minimum absolute atomic E-state index is 0.211. The Morgan fingerprint density at radius 1 is 0.628 bits per heavy atom. The molecule has 0 radical (unpaired) electrons. The number of carbonyl (C=O) groups excluding carboxylic acids is 3. The molecule has 0 unspecified atom stereocenters.